The van der Waals surface area contributed by atoms with Crippen LogP contribution in [0.1, 0.15) is 18.4 Å². The summed E-state index contributed by atoms with van der Waals surface area (Å²) in [6, 6.07) is 15.9. The molecule has 1 fully saturated rings. The van der Waals surface area contributed by atoms with Crippen LogP contribution in [0.5, 0.6) is 11.5 Å². The standard InChI is InChI=1S/C24H24N4O3S/c29-23(27-14-17-8-9-20-21(13-17)31-16-30-20)18-5-4-12-28(15-18)22-24(26-11-10-25-22)32-19-6-2-1-3-7-19/h1-3,6-11,13,18H,4-5,12,14-16H2,(H,27,29)/t18-/m0/s1. The molecule has 2 aliphatic rings. The molecule has 0 saturated carbocycles. The molecule has 0 unspecified atom stereocenters. The molecule has 1 N–H and O–H groups in total. The van der Waals surface area contributed by atoms with Crippen LogP contribution < -0.4 is 19.7 Å². The Morgan fingerprint density at radius 2 is 1.94 bits per heavy atom. The predicted molar refractivity (Wildman–Crippen MR) is 122 cm³/mol. The third-order valence-corrected chi connectivity index (χ3v) is 6.59. The fourth-order valence-electron chi connectivity index (χ4n) is 3.97. The molecule has 5 rings (SSSR count). The molecule has 3 aromatic rings. The number of anilines is 1. The molecule has 164 valence electrons. The summed E-state index contributed by atoms with van der Waals surface area (Å²) in [5, 5.41) is 3.94. The Labute approximate surface area is 191 Å². The smallest absolute Gasteiger partial charge is 0.231 e. The first-order valence-corrected chi connectivity index (χ1v) is 11.5. The summed E-state index contributed by atoms with van der Waals surface area (Å²) in [5.74, 6) is 2.29. The Balaban J connectivity index is 1.23. The maximum Gasteiger partial charge on any atom is 0.231 e. The second kappa shape index (κ2) is 9.48. The lowest BCUT2D eigenvalue weighted by Gasteiger charge is -2.33. The predicted octanol–water partition coefficient (Wildman–Crippen LogP) is 3.89. The monoisotopic (exact) mass is 448 g/mol. The third-order valence-electron chi connectivity index (χ3n) is 5.60. The number of piperidine rings is 1. The largest absolute Gasteiger partial charge is 0.454 e. The van der Waals surface area contributed by atoms with Crippen molar-refractivity contribution in [3.8, 4) is 11.5 Å². The minimum atomic E-state index is -0.0886. The maximum absolute atomic E-state index is 12.9. The van der Waals surface area contributed by atoms with Gasteiger partial charge in [0.25, 0.3) is 0 Å². The van der Waals surface area contributed by atoms with Crippen molar-refractivity contribution >= 4 is 23.5 Å². The van der Waals surface area contributed by atoms with E-state index in [1.165, 1.54) is 0 Å². The molecule has 1 saturated heterocycles. The first-order valence-electron chi connectivity index (χ1n) is 10.7. The van der Waals surface area contributed by atoms with E-state index in [0.717, 1.165) is 52.2 Å². The highest BCUT2D eigenvalue weighted by Gasteiger charge is 2.28. The zero-order valence-corrected chi connectivity index (χ0v) is 18.4. The summed E-state index contributed by atoms with van der Waals surface area (Å²) in [4.78, 5) is 25.4. The van der Waals surface area contributed by atoms with Gasteiger partial charge in [0.15, 0.2) is 17.3 Å². The summed E-state index contributed by atoms with van der Waals surface area (Å²) < 4.78 is 10.8. The van der Waals surface area contributed by atoms with Crippen LogP contribution in [-0.2, 0) is 11.3 Å². The van der Waals surface area contributed by atoms with Gasteiger partial charge in [0, 0.05) is 36.9 Å². The summed E-state index contributed by atoms with van der Waals surface area (Å²) in [6.07, 6.45) is 5.24. The lowest BCUT2D eigenvalue weighted by atomic mass is 9.97. The lowest BCUT2D eigenvalue weighted by molar-refractivity contribution is -0.125. The number of benzene rings is 2. The Morgan fingerprint density at radius 3 is 2.84 bits per heavy atom. The quantitative estimate of drug-likeness (QED) is 0.613. The highest BCUT2D eigenvalue weighted by molar-refractivity contribution is 7.99. The van der Waals surface area contributed by atoms with Gasteiger partial charge in [-0.25, -0.2) is 9.97 Å². The molecule has 7 nitrogen and oxygen atoms in total. The fourth-order valence-corrected chi connectivity index (χ4v) is 4.88. The lowest BCUT2D eigenvalue weighted by Crippen LogP contribution is -2.43. The number of nitrogens with one attached hydrogen (secondary N) is 1. The van der Waals surface area contributed by atoms with Crippen LogP contribution >= 0.6 is 11.8 Å². The van der Waals surface area contributed by atoms with Gasteiger partial charge in [0.2, 0.25) is 12.7 Å². The van der Waals surface area contributed by atoms with Crippen molar-refractivity contribution in [2.75, 3.05) is 24.8 Å². The van der Waals surface area contributed by atoms with Crippen molar-refractivity contribution in [2.24, 2.45) is 5.92 Å². The second-order valence-electron chi connectivity index (χ2n) is 7.79. The summed E-state index contributed by atoms with van der Waals surface area (Å²) >= 11 is 1.60. The van der Waals surface area contributed by atoms with Gasteiger partial charge in [0.1, 0.15) is 5.03 Å². The average molecular weight is 449 g/mol. The minimum Gasteiger partial charge on any atom is -0.454 e. The van der Waals surface area contributed by atoms with Crippen LogP contribution in [0.15, 0.2) is 70.8 Å². The molecule has 0 spiro atoms. The van der Waals surface area contributed by atoms with E-state index in [9.17, 15) is 4.79 Å². The fraction of sp³-hybridized carbons (Fsp3) is 0.292. The topological polar surface area (TPSA) is 76.6 Å². The number of carbonyl (C=O) groups is 1. The van der Waals surface area contributed by atoms with Crippen LogP contribution in [0.4, 0.5) is 5.82 Å². The molecule has 1 atom stereocenters. The molecule has 3 heterocycles. The van der Waals surface area contributed by atoms with E-state index in [1.54, 1.807) is 24.2 Å². The van der Waals surface area contributed by atoms with Crippen LogP contribution in [-0.4, -0.2) is 35.8 Å². The summed E-state index contributed by atoms with van der Waals surface area (Å²) in [6.45, 7) is 2.21. The Bertz CT molecular complexity index is 1100. The summed E-state index contributed by atoms with van der Waals surface area (Å²) in [7, 11) is 0. The Morgan fingerprint density at radius 1 is 1.09 bits per heavy atom. The van der Waals surface area contributed by atoms with Crippen molar-refractivity contribution in [1.29, 1.82) is 0 Å². The number of aromatic nitrogens is 2. The normalized spacial score (nSPS) is 17.2. The van der Waals surface area contributed by atoms with Gasteiger partial charge < -0.3 is 19.7 Å². The van der Waals surface area contributed by atoms with E-state index in [4.69, 9.17) is 9.47 Å². The van der Waals surface area contributed by atoms with Crippen LogP contribution in [0.2, 0.25) is 0 Å². The van der Waals surface area contributed by atoms with E-state index < -0.39 is 0 Å². The zero-order valence-electron chi connectivity index (χ0n) is 17.6. The van der Waals surface area contributed by atoms with Crippen molar-refractivity contribution in [3.05, 3.63) is 66.5 Å². The number of carbonyl (C=O) groups excluding carboxylic acids is 1. The Hall–Kier alpha value is -3.26. The van der Waals surface area contributed by atoms with E-state index >= 15 is 0 Å². The maximum atomic E-state index is 12.9. The van der Waals surface area contributed by atoms with E-state index in [-0.39, 0.29) is 18.6 Å². The highest BCUT2D eigenvalue weighted by atomic mass is 32.2. The number of ether oxygens (including phenoxy) is 2. The highest BCUT2D eigenvalue weighted by Crippen LogP contribution is 2.34. The van der Waals surface area contributed by atoms with E-state index in [0.29, 0.717) is 13.1 Å². The first-order chi connectivity index (χ1) is 15.8. The van der Waals surface area contributed by atoms with Crippen molar-refractivity contribution in [3.63, 3.8) is 0 Å². The van der Waals surface area contributed by atoms with Gasteiger partial charge in [-0.15, -0.1) is 0 Å². The molecule has 1 aromatic heterocycles. The molecular weight excluding hydrogens is 424 g/mol. The van der Waals surface area contributed by atoms with Gasteiger partial charge in [0.05, 0.1) is 5.92 Å². The molecule has 0 aliphatic carbocycles. The van der Waals surface area contributed by atoms with E-state index in [1.807, 2.05) is 36.4 Å². The van der Waals surface area contributed by atoms with Crippen molar-refractivity contribution in [2.45, 2.75) is 29.3 Å². The molecule has 1 amide bonds. The van der Waals surface area contributed by atoms with Crippen molar-refractivity contribution < 1.29 is 14.3 Å². The summed E-state index contributed by atoms with van der Waals surface area (Å²) in [5.41, 5.74) is 0.991. The Kier molecular flexibility index (Phi) is 6.11. The van der Waals surface area contributed by atoms with Gasteiger partial charge in [-0.05, 0) is 42.7 Å². The van der Waals surface area contributed by atoms with Crippen LogP contribution in [0.25, 0.3) is 0 Å². The van der Waals surface area contributed by atoms with Gasteiger partial charge in [-0.3, -0.25) is 4.79 Å². The number of rotatable bonds is 6. The molecule has 32 heavy (non-hydrogen) atoms. The molecule has 2 aromatic carbocycles. The number of fused-ring (bicyclic) bond motifs is 1. The minimum absolute atomic E-state index is 0.0634. The van der Waals surface area contributed by atoms with Crippen LogP contribution in [0.3, 0.4) is 0 Å². The molecule has 0 radical (unpaired) electrons. The van der Waals surface area contributed by atoms with Crippen molar-refractivity contribution in [1.82, 2.24) is 15.3 Å². The van der Waals surface area contributed by atoms with Gasteiger partial charge in [-0.1, -0.05) is 36.0 Å². The number of amides is 1. The molecule has 2 aliphatic heterocycles. The van der Waals surface area contributed by atoms with Gasteiger partial charge >= 0.3 is 0 Å². The van der Waals surface area contributed by atoms with E-state index in [2.05, 4.69) is 32.3 Å². The average Bonchev–Trinajstić information content (AvgIpc) is 3.32. The van der Waals surface area contributed by atoms with Crippen LogP contribution in [0, 0.1) is 5.92 Å². The van der Waals surface area contributed by atoms with Gasteiger partial charge in [-0.2, -0.15) is 0 Å². The molecule has 0 bridgehead atoms. The number of hydrogen-bond donors (Lipinski definition) is 1. The zero-order chi connectivity index (χ0) is 21.8. The third kappa shape index (κ3) is 4.65. The first kappa shape index (κ1) is 20.6. The second-order valence-corrected chi connectivity index (χ2v) is 8.85. The molecular formula is C24H24N4O3S. The number of nitrogens with zero attached hydrogens (tertiary/aromatic N) is 3. The number of hydrogen-bond acceptors (Lipinski definition) is 7. The molecule has 8 heteroatoms. The SMILES string of the molecule is O=C(NCc1ccc2c(c1)OCO2)[C@H]1CCCN(c2nccnc2Sc2ccccc2)C1.